The first-order chi connectivity index (χ1) is 28.0. The largest absolute Gasteiger partial charge is 0.505 e. The van der Waals surface area contributed by atoms with Gasteiger partial charge in [0.1, 0.15) is 29.8 Å². The van der Waals surface area contributed by atoms with Gasteiger partial charge in [0.2, 0.25) is 5.91 Å². The maximum Gasteiger partial charge on any atom is 0.306 e. The smallest absolute Gasteiger partial charge is 0.306 e. The van der Waals surface area contributed by atoms with E-state index in [-0.39, 0.29) is 90.7 Å². The van der Waals surface area contributed by atoms with Crippen LogP contribution in [0.2, 0.25) is 0 Å². The number of benzene rings is 1. The summed E-state index contributed by atoms with van der Waals surface area (Å²) in [5, 5.41) is 36.3. The number of carbonyl (C=O) groups excluding carboxylic acids is 4. The van der Waals surface area contributed by atoms with E-state index in [1.54, 1.807) is 0 Å². The molecule has 13 heteroatoms. The normalized spacial score (nSPS) is 30.9. The quantitative estimate of drug-likeness (QED) is 0.0464. The molecule has 4 saturated carbocycles. The van der Waals surface area contributed by atoms with Gasteiger partial charge in [0.05, 0.1) is 44.1 Å². The molecule has 13 nitrogen and oxygen atoms in total. The molecular weight excluding hydrogens is 757 g/mol. The number of nitrogens with one attached hydrogen (secondary N) is 1. The molecule has 4 aliphatic rings. The van der Waals surface area contributed by atoms with Crippen LogP contribution in [-0.2, 0) is 28.6 Å². The Labute approximate surface area is 350 Å². The zero-order valence-corrected chi connectivity index (χ0v) is 36.2. The van der Waals surface area contributed by atoms with Crippen LogP contribution >= 0.6 is 0 Å². The van der Waals surface area contributed by atoms with Gasteiger partial charge in [-0.1, -0.05) is 46.5 Å². The predicted molar refractivity (Wildman–Crippen MR) is 223 cm³/mol. The highest BCUT2D eigenvalue weighted by molar-refractivity contribution is 6.02. The van der Waals surface area contributed by atoms with E-state index in [0.717, 1.165) is 57.8 Å². The number of methoxy groups -OCH3 is 1. The second-order valence-corrected chi connectivity index (χ2v) is 18.8. The number of ketones is 1. The fraction of sp³-hybridized carbons (Fsp3) is 0.783. The van der Waals surface area contributed by atoms with Crippen LogP contribution in [0, 0.1) is 40.4 Å². The molecule has 1 aromatic rings. The van der Waals surface area contributed by atoms with Gasteiger partial charge in [-0.3, -0.25) is 19.2 Å². The molecule has 0 heterocycles. The van der Waals surface area contributed by atoms with Gasteiger partial charge >= 0.3 is 5.97 Å². The molecule has 0 aliphatic heterocycles. The van der Waals surface area contributed by atoms with E-state index < -0.39 is 29.3 Å². The molecule has 2 amide bonds. The van der Waals surface area contributed by atoms with Crippen LogP contribution in [0.3, 0.4) is 0 Å². The van der Waals surface area contributed by atoms with Crippen molar-refractivity contribution in [2.24, 2.45) is 46.2 Å². The number of aromatic hydroxyl groups is 1. The summed E-state index contributed by atoms with van der Waals surface area (Å²) in [7, 11) is 1.33. The third kappa shape index (κ3) is 11.0. The Balaban J connectivity index is 0.961. The first-order valence-corrected chi connectivity index (χ1v) is 22.3. The number of aliphatic hydroxyl groups excluding tert-OH is 1. The number of primary amides is 1. The summed E-state index contributed by atoms with van der Waals surface area (Å²) in [6.07, 6.45) is 13.4. The van der Waals surface area contributed by atoms with Gasteiger partial charge in [0, 0.05) is 19.4 Å². The van der Waals surface area contributed by atoms with Crippen LogP contribution in [0.5, 0.6) is 11.5 Å². The van der Waals surface area contributed by atoms with E-state index in [2.05, 4.69) is 33.0 Å². The molecule has 0 bridgehead atoms. The standard InChI is InChI=1S/C46H72N2O11/c1-6-7-8-9-20-46(4,55)38-16-13-32-31-27-36(50)34-26-30(18-21-44(34,2)33(31)19-22-45(32,38)3)59-40(52)17-12-29(49)11-10-23-57-24-25-58-28-39(51)48-35-14-15-37(56-5)41(42(35)53)43(47)54/h14-15,30-34,36,38,50,53,55H,6-13,16-28H2,1-5H3,(H2,47,54)(H,48,51)/t30-,31-,32-,33-,34+,36-,38-,44+,45-,46-/m0/s1. The number of hydrogen-bond acceptors (Lipinski definition) is 11. The van der Waals surface area contributed by atoms with Crippen LogP contribution in [0.1, 0.15) is 147 Å². The Bertz CT molecular complexity index is 1620. The second-order valence-electron chi connectivity index (χ2n) is 18.8. The van der Waals surface area contributed by atoms with Crippen molar-refractivity contribution < 1.29 is 53.4 Å². The Hall–Kier alpha value is -3.26. The van der Waals surface area contributed by atoms with E-state index in [1.807, 2.05) is 0 Å². The van der Waals surface area contributed by atoms with Crippen molar-refractivity contribution in [2.75, 3.05) is 38.9 Å². The van der Waals surface area contributed by atoms with E-state index in [4.69, 9.17) is 24.7 Å². The Morgan fingerprint density at radius 2 is 1.61 bits per heavy atom. The fourth-order valence-electron chi connectivity index (χ4n) is 12.1. The maximum absolute atomic E-state index is 12.9. The lowest BCUT2D eigenvalue weighted by atomic mass is 9.43. The molecule has 6 N–H and O–H groups in total. The number of unbranched alkanes of at least 4 members (excludes halogenated alkanes) is 3. The number of Topliss-reactive ketones (excluding diaryl/α,β-unsaturated/α-hetero) is 1. The summed E-state index contributed by atoms with van der Waals surface area (Å²) >= 11 is 0. The number of amides is 2. The van der Waals surface area contributed by atoms with Crippen LogP contribution in [0.25, 0.3) is 0 Å². The van der Waals surface area contributed by atoms with E-state index in [9.17, 15) is 34.5 Å². The highest BCUT2D eigenvalue weighted by atomic mass is 16.5. The Morgan fingerprint density at radius 3 is 2.34 bits per heavy atom. The number of phenols is 1. The molecule has 0 radical (unpaired) electrons. The number of aliphatic hydroxyl groups is 2. The minimum atomic E-state index is -0.903. The van der Waals surface area contributed by atoms with Gasteiger partial charge < -0.3 is 45.3 Å². The second kappa shape index (κ2) is 20.5. The number of esters is 1. The summed E-state index contributed by atoms with van der Waals surface area (Å²) in [5.74, 6) is -0.399. The molecule has 10 atom stereocenters. The molecule has 332 valence electrons. The molecule has 0 unspecified atom stereocenters. The van der Waals surface area contributed by atoms with E-state index in [1.165, 1.54) is 38.5 Å². The van der Waals surface area contributed by atoms with Gasteiger partial charge in [0.25, 0.3) is 5.91 Å². The summed E-state index contributed by atoms with van der Waals surface area (Å²) in [5.41, 5.74) is 4.50. The first kappa shape index (κ1) is 46.8. The summed E-state index contributed by atoms with van der Waals surface area (Å²) in [4.78, 5) is 49.3. The monoisotopic (exact) mass is 829 g/mol. The summed E-state index contributed by atoms with van der Waals surface area (Å²) in [6.45, 7) is 9.45. The van der Waals surface area contributed by atoms with Crippen molar-refractivity contribution >= 4 is 29.3 Å². The summed E-state index contributed by atoms with van der Waals surface area (Å²) in [6, 6.07) is 2.78. The van der Waals surface area contributed by atoms with Crippen molar-refractivity contribution in [1.82, 2.24) is 0 Å². The number of rotatable bonds is 22. The average Bonchev–Trinajstić information content (AvgIpc) is 3.56. The summed E-state index contributed by atoms with van der Waals surface area (Å²) < 4.78 is 21.8. The van der Waals surface area contributed by atoms with E-state index >= 15 is 0 Å². The molecule has 0 aromatic heterocycles. The lowest BCUT2D eigenvalue weighted by Crippen LogP contribution is -2.59. The molecule has 4 fully saturated rings. The maximum atomic E-state index is 12.9. The van der Waals surface area contributed by atoms with Crippen LogP contribution in [0.15, 0.2) is 12.1 Å². The van der Waals surface area contributed by atoms with Gasteiger partial charge in [-0.15, -0.1) is 0 Å². The van der Waals surface area contributed by atoms with Gasteiger partial charge in [0.15, 0.2) is 5.75 Å². The molecule has 59 heavy (non-hydrogen) atoms. The molecule has 1 aromatic carbocycles. The highest BCUT2D eigenvalue weighted by Crippen LogP contribution is 2.69. The van der Waals surface area contributed by atoms with Crippen molar-refractivity contribution in [2.45, 2.75) is 155 Å². The average molecular weight is 829 g/mol. The Kier molecular flexibility index (Phi) is 16.3. The zero-order chi connectivity index (χ0) is 43.0. The number of fused-ring (bicyclic) bond motifs is 5. The molecule has 0 spiro atoms. The molecule has 4 aliphatic carbocycles. The number of ether oxygens (including phenoxy) is 4. The number of nitrogens with two attached hydrogens (primary N) is 1. The van der Waals surface area contributed by atoms with Crippen molar-refractivity contribution in [3.8, 4) is 11.5 Å². The van der Waals surface area contributed by atoms with Crippen LogP contribution in [-0.4, -0.2) is 90.2 Å². The minimum Gasteiger partial charge on any atom is -0.505 e. The zero-order valence-electron chi connectivity index (χ0n) is 36.2. The fourth-order valence-corrected chi connectivity index (χ4v) is 12.1. The topological polar surface area (TPSA) is 204 Å². The first-order valence-electron chi connectivity index (χ1n) is 22.3. The minimum absolute atomic E-state index is 0.00608. The SMILES string of the molecule is CCCCCC[C@](C)(O)[C@H]1CC[C@H]2[C@@H]3C[C@H](O)[C@H]4C[C@@H](OC(=O)CCC(=O)CCCOCCOCC(=O)Nc5ccc(OC)c(C(N)=O)c5O)CC[C@]4(C)[C@H]3CC[C@@]21C. The predicted octanol–water partition coefficient (Wildman–Crippen LogP) is 6.86. The third-order valence-corrected chi connectivity index (χ3v) is 15.1. The van der Waals surface area contributed by atoms with Crippen LogP contribution < -0.4 is 15.8 Å². The van der Waals surface area contributed by atoms with Crippen molar-refractivity contribution in [1.29, 1.82) is 0 Å². The van der Waals surface area contributed by atoms with Gasteiger partial charge in [-0.05, 0) is 124 Å². The highest BCUT2D eigenvalue weighted by Gasteiger charge is 2.64. The lowest BCUT2D eigenvalue weighted by Gasteiger charge is -2.62. The molecular formula is C46H72N2O11. The van der Waals surface area contributed by atoms with Gasteiger partial charge in [-0.2, -0.15) is 0 Å². The lowest BCUT2D eigenvalue weighted by molar-refractivity contribution is -0.187. The van der Waals surface area contributed by atoms with Crippen molar-refractivity contribution in [3.05, 3.63) is 17.7 Å². The van der Waals surface area contributed by atoms with Gasteiger partial charge in [-0.25, -0.2) is 0 Å². The number of hydrogen-bond donors (Lipinski definition) is 5. The molecule has 0 saturated heterocycles. The van der Waals surface area contributed by atoms with E-state index in [0.29, 0.717) is 43.1 Å². The third-order valence-electron chi connectivity index (χ3n) is 15.1. The van der Waals surface area contributed by atoms with Crippen molar-refractivity contribution in [3.63, 3.8) is 0 Å². The number of anilines is 1. The number of carbonyl (C=O) groups is 4. The Morgan fingerprint density at radius 1 is 0.881 bits per heavy atom. The van der Waals surface area contributed by atoms with Crippen LogP contribution in [0.4, 0.5) is 5.69 Å². The molecule has 5 rings (SSSR count).